The van der Waals surface area contributed by atoms with Gasteiger partial charge in [-0.1, -0.05) is 31.9 Å². The van der Waals surface area contributed by atoms with Crippen LogP contribution in [0, 0.1) is 13.8 Å². The molecule has 2 heterocycles. The van der Waals surface area contributed by atoms with Crippen LogP contribution >= 0.6 is 11.6 Å². The van der Waals surface area contributed by atoms with Crippen molar-refractivity contribution in [1.82, 2.24) is 19.8 Å². The molecule has 0 saturated heterocycles. The Kier molecular flexibility index (Phi) is 3.33. The second-order valence-electron chi connectivity index (χ2n) is 4.52. The predicted molar refractivity (Wildman–Crippen MR) is 68.6 cm³/mol. The van der Waals surface area contributed by atoms with Crippen molar-refractivity contribution in [3.05, 3.63) is 22.1 Å². The summed E-state index contributed by atoms with van der Waals surface area (Å²) in [6, 6.07) is 0. The van der Waals surface area contributed by atoms with Crippen LogP contribution in [0.1, 0.15) is 49.6 Å². The Morgan fingerprint density at radius 1 is 1.24 bits per heavy atom. The Hall–Kier alpha value is -1.16. The molecule has 0 radical (unpaired) electrons. The first-order chi connectivity index (χ1) is 8.06. The second kappa shape index (κ2) is 4.61. The standard InChI is InChI=1S/C12H17ClN4/c1-5-6-7(2)11-14-15-12-9(4)8(3)10(13)16-17(11)12/h7H,5-6H2,1-4H3. The maximum absolute atomic E-state index is 6.12. The molecule has 1 atom stereocenters. The first-order valence-electron chi connectivity index (χ1n) is 5.94. The molecule has 1 unspecified atom stereocenters. The minimum Gasteiger partial charge on any atom is -0.195 e. The Bertz CT molecular complexity index is 547. The Labute approximate surface area is 106 Å². The molecule has 0 bridgehead atoms. The molecule has 0 N–H and O–H groups in total. The second-order valence-corrected chi connectivity index (χ2v) is 4.88. The van der Waals surface area contributed by atoms with Crippen LogP contribution in [0.5, 0.6) is 0 Å². The summed E-state index contributed by atoms with van der Waals surface area (Å²) in [7, 11) is 0. The van der Waals surface area contributed by atoms with Gasteiger partial charge in [-0.25, -0.2) is 0 Å². The zero-order chi connectivity index (χ0) is 12.6. The van der Waals surface area contributed by atoms with Crippen LogP contribution in [0.2, 0.25) is 5.15 Å². The lowest BCUT2D eigenvalue weighted by molar-refractivity contribution is 0.606. The van der Waals surface area contributed by atoms with Gasteiger partial charge in [0.2, 0.25) is 0 Å². The molecule has 0 aliphatic heterocycles. The largest absolute Gasteiger partial charge is 0.195 e. The highest BCUT2D eigenvalue weighted by molar-refractivity contribution is 6.30. The van der Waals surface area contributed by atoms with Gasteiger partial charge in [-0.15, -0.1) is 10.2 Å². The molecule has 0 fully saturated rings. The van der Waals surface area contributed by atoms with Crippen LogP contribution < -0.4 is 0 Å². The number of aromatic nitrogens is 4. The average Bonchev–Trinajstić information content (AvgIpc) is 2.70. The van der Waals surface area contributed by atoms with Crippen molar-refractivity contribution in [2.45, 2.75) is 46.5 Å². The number of hydrogen-bond acceptors (Lipinski definition) is 3. The summed E-state index contributed by atoms with van der Waals surface area (Å²) >= 11 is 6.12. The van der Waals surface area contributed by atoms with E-state index in [9.17, 15) is 0 Å². The lowest BCUT2D eigenvalue weighted by atomic mass is 10.1. The molecule has 2 aromatic heterocycles. The Balaban J connectivity index is 2.61. The number of fused-ring (bicyclic) bond motifs is 1. The number of rotatable bonds is 3. The summed E-state index contributed by atoms with van der Waals surface area (Å²) in [5.41, 5.74) is 2.83. The molecular formula is C12H17ClN4. The molecule has 0 saturated carbocycles. The van der Waals surface area contributed by atoms with Crippen molar-refractivity contribution in [2.24, 2.45) is 0 Å². The molecule has 5 heteroatoms. The van der Waals surface area contributed by atoms with E-state index in [0.29, 0.717) is 11.1 Å². The van der Waals surface area contributed by atoms with E-state index in [1.54, 1.807) is 4.52 Å². The highest BCUT2D eigenvalue weighted by Gasteiger charge is 2.17. The molecule has 0 amide bonds. The van der Waals surface area contributed by atoms with Gasteiger partial charge in [0.15, 0.2) is 16.6 Å². The summed E-state index contributed by atoms with van der Waals surface area (Å²) in [4.78, 5) is 0. The van der Waals surface area contributed by atoms with E-state index < -0.39 is 0 Å². The van der Waals surface area contributed by atoms with Gasteiger partial charge in [-0.3, -0.25) is 0 Å². The van der Waals surface area contributed by atoms with E-state index in [2.05, 4.69) is 29.1 Å². The lowest BCUT2D eigenvalue weighted by Crippen LogP contribution is -2.05. The fraction of sp³-hybridized carbons (Fsp3) is 0.583. The molecule has 2 rings (SSSR count). The SMILES string of the molecule is CCCC(C)c1nnc2c(C)c(C)c(Cl)nn12. The van der Waals surface area contributed by atoms with Gasteiger partial charge in [0, 0.05) is 11.5 Å². The third-order valence-electron chi connectivity index (χ3n) is 3.22. The molecule has 4 nitrogen and oxygen atoms in total. The topological polar surface area (TPSA) is 43.1 Å². The summed E-state index contributed by atoms with van der Waals surface area (Å²) in [5, 5.41) is 13.3. The minimum atomic E-state index is 0.348. The van der Waals surface area contributed by atoms with E-state index in [-0.39, 0.29) is 0 Å². The average molecular weight is 253 g/mol. The molecule has 0 spiro atoms. The molecule has 2 aromatic rings. The van der Waals surface area contributed by atoms with Crippen molar-refractivity contribution >= 4 is 17.2 Å². The van der Waals surface area contributed by atoms with E-state index in [4.69, 9.17) is 11.6 Å². The van der Waals surface area contributed by atoms with E-state index in [1.807, 2.05) is 13.8 Å². The number of nitrogens with zero attached hydrogens (tertiary/aromatic N) is 4. The van der Waals surface area contributed by atoms with Crippen molar-refractivity contribution < 1.29 is 0 Å². The van der Waals surface area contributed by atoms with E-state index in [0.717, 1.165) is 35.4 Å². The first kappa shape index (κ1) is 12.3. The molecular weight excluding hydrogens is 236 g/mol. The predicted octanol–water partition coefficient (Wildman–Crippen LogP) is 3.30. The van der Waals surface area contributed by atoms with Gasteiger partial charge in [-0.05, 0) is 25.8 Å². The van der Waals surface area contributed by atoms with Gasteiger partial charge in [0.1, 0.15) is 0 Å². The van der Waals surface area contributed by atoms with Crippen molar-refractivity contribution in [2.75, 3.05) is 0 Å². The van der Waals surface area contributed by atoms with Crippen LogP contribution in [0.25, 0.3) is 5.65 Å². The van der Waals surface area contributed by atoms with Crippen molar-refractivity contribution in [1.29, 1.82) is 0 Å². The maximum Gasteiger partial charge on any atom is 0.181 e. The van der Waals surface area contributed by atoms with Crippen molar-refractivity contribution in [3.63, 3.8) is 0 Å². The van der Waals surface area contributed by atoms with E-state index >= 15 is 0 Å². The molecule has 0 aliphatic carbocycles. The zero-order valence-electron chi connectivity index (χ0n) is 10.7. The monoisotopic (exact) mass is 252 g/mol. The van der Waals surface area contributed by atoms with Crippen LogP contribution in [0.15, 0.2) is 0 Å². The zero-order valence-corrected chi connectivity index (χ0v) is 11.4. The quantitative estimate of drug-likeness (QED) is 0.842. The molecule has 0 aliphatic rings. The normalized spacial score (nSPS) is 13.2. The third kappa shape index (κ3) is 2.02. The summed E-state index contributed by atoms with van der Waals surface area (Å²) in [5.74, 6) is 1.24. The highest BCUT2D eigenvalue weighted by Crippen LogP contribution is 2.23. The third-order valence-corrected chi connectivity index (χ3v) is 3.58. The van der Waals surface area contributed by atoms with Gasteiger partial charge < -0.3 is 0 Å². The molecule has 92 valence electrons. The van der Waals surface area contributed by atoms with Crippen LogP contribution in [0.4, 0.5) is 0 Å². The van der Waals surface area contributed by atoms with E-state index in [1.165, 1.54) is 0 Å². The smallest absolute Gasteiger partial charge is 0.181 e. The van der Waals surface area contributed by atoms with Gasteiger partial charge in [-0.2, -0.15) is 9.61 Å². The summed E-state index contributed by atoms with van der Waals surface area (Å²) < 4.78 is 1.78. The fourth-order valence-electron chi connectivity index (χ4n) is 1.98. The highest BCUT2D eigenvalue weighted by atomic mass is 35.5. The first-order valence-corrected chi connectivity index (χ1v) is 6.32. The minimum absolute atomic E-state index is 0.348. The lowest BCUT2D eigenvalue weighted by Gasteiger charge is -2.09. The van der Waals surface area contributed by atoms with Crippen molar-refractivity contribution in [3.8, 4) is 0 Å². The Morgan fingerprint density at radius 2 is 1.94 bits per heavy atom. The summed E-state index contributed by atoms with van der Waals surface area (Å²) in [6.07, 6.45) is 2.20. The maximum atomic E-state index is 6.12. The van der Waals surface area contributed by atoms with Crippen LogP contribution in [-0.2, 0) is 0 Å². The fourth-order valence-corrected chi connectivity index (χ4v) is 2.20. The van der Waals surface area contributed by atoms with Gasteiger partial charge in [0.25, 0.3) is 0 Å². The number of hydrogen-bond donors (Lipinski definition) is 0. The Morgan fingerprint density at radius 3 is 2.59 bits per heavy atom. The van der Waals surface area contributed by atoms with Gasteiger partial charge >= 0.3 is 0 Å². The van der Waals surface area contributed by atoms with Crippen LogP contribution in [0.3, 0.4) is 0 Å². The number of aryl methyl sites for hydroxylation is 1. The molecule has 0 aromatic carbocycles. The molecule has 17 heavy (non-hydrogen) atoms. The van der Waals surface area contributed by atoms with Crippen LogP contribution in [-0.4, -0.2) is 19.8 Å². The van der Waals surface area contributed by atoms with Gasteiger partial charge in [0.05, 0.1) is 0 Å². The summed E-state index contributed by atoms with van der Waals surface area (Å²) in [6.45, 7) is 8.26. The number of halogens is 1.